The number of anilines is 1. The first-order valence-electron chi connectivity index (χ1n) is 7.91. The first kappa shape index (κ1) is 20.1. The van der Waals surface area contributed by atoms with Gasteiger partial charge in [-0.1, -0.05) is 12.1 Å². The molecule has 0 aliphatic carbocycles. The maximum atomic E-state index is 12.5. The Bertz CT molecular complexity index is 1060. The number of nitrogens with zero attached hydrogens (tertiary/aromatic N) is 1. The number of hydrazone groups is 1. The number of amides is 2. The van der Waals surface area contributed by atoms with Crippen molar-refractivity contribution >= 4 is 62.2 Å². The SMILES string of the molecule is O=C(Nc1ccccc1C(=O)N/N=C\c1cc(I)ccc1O)c1ccc(Br)o1. The van der Waals surface area contributed by atoms with E-state index in [1.165, 1.54) is 12.3 Å². The largest absolute Gasteiger partial charge is 0.507 e. The van der Waals surface area contributed by atoms with Crippen LogP contribution >= 0.6 is 38.5 Å². The number of furan rings is 1. The van der Waals surface area contributed by atoms with Crippen molar-refractivity contribution in [1.29, 1.82) is 0 Å². The molecule has 3 N–H and O–H groups in total. The van der Waals surface area contributed by atoms with Gasteiger partial charge in [-0.15, -0.1) is 0 Å². The normalized spacial score (nSPS) is 10.8. The average Bonchev–Trinajstić information content (AvgIpc) is 3.11. The van der Waals surface area contributed by atoms with Gasteiger partial charge in [-0.25, -0.2) is 5.43 Å². The van der Waals surface area contributed by atoms with E-state index in [1.54, 1.807) is 48.5 Å². The van der Waals surface area contributed by atoms with Crippen LogP contribution in [0.4, 0.5) is 5.69 Å². The fourth-order valence-electron chi connectivity index (χ4n) is 2.26. The van der Waals surface area contributed by atoms with Gasteiger partial charge in [-0.2, -0.15) is 5.10 Å². The second-order valence-electron chi connectivity index (χ2n) is 5.51. The molecule has 7 nitrogen and oxygen atoms in total. The Labute approximate surface area is 182 Å². The van der Waals surface area contributed by atoms with Gasteiger partial charge < -0.3 is 14.8 Å². The number of halogens is 2. The van der Waals surface area contributed by atoms with E-state index in [0.29, 0.717) is 15.9 Å². The highest BCUT2D eigenvalue weighted by Gasteiger charge is 2.16. The molecule has 0 radical (unpaired) electrons. The van der Waals surface area contributed by atoms with Gasteiger partial charge in [0, 0.05) is 9.13 Å². The third kappa shape index (κ3) is 4.98. The van der Waals surface area contributed by atoms with Crippen LogP contribution in [-0.4, -0.2) is 23.1 Å². The number of rotatable bonds is 5. The summed E-state index contributed by atoms with van der Waals surface area (Å²) >= 11 is 5.24. The van der Waals surface area contributed by atoms with Crippen LogP contribution in [0.3, 0.4) is 0 Å². The summed E-state index contributed by atoms with van der Waals surface area (Å²) in [7, 11) is 0. The van der Waals surface area contributed by atoms with Crippen molar-refractivity contribution in [1.82, 2.24) is 5.43 Å². The third-order valence-corrected chi connectivity index (χ3v) is 4.67. The second kappa shape index (κ2) is 9.02. The number of aromatic hydroxyl groups is 1. The van der Waals surface area contributed by atoms with Gasteiger partial charge in [0.15, 0.2) is 10.4 Å². The van der Waals surface area contributed by atoms with Gasteiger partial charge in [-0.3, -0.25) is 9.59 Å². The zero-order valence-electron chi connectivity index (χ0n) is 14.1. The molecule has 0 spiro atoms. The Balaban J connectivity index is 1.73. The van der Waals surface area contributed by atoms with Crippen molar-refractivity contribution in [2.24, 2.45) is 5.10 Å². The standard InChI is InChI=1S/C19H13BrIN3O4/c20-17-8-7-16(28-17)19(27)23-14-4-2-1-3-13(14)18(26)24-22-10-11-9-12(21)5-6-15(11)25/h1-10,25H,(H,23,27)(H,24,26)/b22-10-. The van der Waals surface area contributed by atoms with Crippen LogP contribution in [0.2, 0.25) is 0 Å². The van der Waals surface area contributed by atoms with E-state index in [1.807, 2.05) is 0 Å². The van der Waals surface area contributed by atoms with Crippen molar-refractivity contribution in [3.63, 3.8) is 0 Å². The van der Waals surface area contributed by atoms with Gasteiger partial charge in [0.25, 0.3) is 11.8 Å². The van der Waals surface area contributed by atoms with Gasteiger partial charge in [0.05, 0.1) is 17.5 Å². The van der Waals surface area contributed by atoms with Crippen molar-refractivity contribution in [3.05, 3.63) is 79.7 Å². The maximum Gasteiger partial charge on any atom is 0.291 e. The van der Waals surface area contributed by atoms with Crippen molar-refractivity contribution in [3.8, 4) is 5.75 Å². The van der Waals surface area contributed by atoms with Crippen LogP contribution in [0.15, 0.2) is 68.8 Å². The lowest BCUT2D eigenvalue weighted by Gasteiger charge is -2.09. The zero-order valence-corrected chi connectivity index (χ0v) is 17.9. The molecule has 0 atom stereocenters. The van der Waals surface area contributed by atoms with Crippen LogP contribution in [0.5, 0.6) is 5.75 Å². The van der Waals surface area contributed by atoms with Gasteiger partial charge in [0.1, 0.15) is 5.75 Å². The molecule has 0 fully saturated rings. The minimum Gasteiger partial charge on any atom is -0.507 e. The van der Waals surface area contributed by atoms with Crippen molar-refractivity contribution in [2.45, 2.75) is 0 Å². The molecule has 1 heterocycles. The van der Waals surface area contributed by atoms with E-state index in [2.05, 4.69) is 54.4 Å². The zero-order chi connectivity index (χ0) is 20.1. The monoisotopic (exact) mass is 553 g/mol. The molecular formula is C19H13BrIN3O4. The highest BCUT2D eigenvalue weighted by molar-refractivity contribution is 14.1. The van der Waals surface area contributed by atoms with Gasteiger partial charge in [-0.05, 0) is 81.0 Å². The molecule has 0 saturated heterocycles. The molecule has 0 saturated carbocycles. The minimum atomic E-state index is -0.516. The fourth-order valence-corrected chi connectivity index (χ4v) is 3.08. The molecule has 3 rings (SSSR count). The Morgan fingerprint density at radius 1 is 1.11 bits per heavy atom. The predicted molar refractivity (Wildman–Crippen MR) is 117 cm³/mol. The second-order valence-corrected chi connectivity index (χ2v) is 7.53. The number of para-hydroxylation sites is 1. The Kier molecular flexibility index (Phi) is 6.47. The smallest absolute Gasteiger partial charge is 0.291 e. The molecule has 0 aliphatic heterocycles. The van der Waals surface area contributed by atoms with Crippen LogP contribution in [0.25, 0.3) is 0 Å². The highest BCUT2D eigenvalue weighted by atomic mass is 127. The Morgan fingerprint density at radius 2 is 1.89 bits per heavy atom. The summed E-state index contributed by atoms with van der Waals surface area (Å²) < 4.78 is 6.55. The Morgan fingerprint density at radius 3 is 2.64 bits per heavy atom. The molecular weight excluding hydrogens is 541 g/mol. The summed E-state index contributed by atoms with van der Waals surface area (Å²) in [6, 6.07) is 14.6. The number of carbonyl (C=O) groups excluding carboxylic acids is 2. The number of hydrogen-bond donors (Lipinski definition) is 3. The summed E-state index contributed by atoms with van der Waals surface area (Å²) in [4.78, 5) is 24.7. The van der Waals surface area contributed by atoms with E-state index in [9.17, 15) is 14.7 Å². The summed E-state index contributed by atoms with van der Waals surface area (Å²) in [6.45, 7) is 0. The number of phenolic OH excluding ortho intramolecular Hbond substituents is 1. The minimum absolute atomic E-state index is 0.0516. The van der Waals surface area contributed by atoms with E-state index < -0.39 is 11.8 Å². The van der Waals surface area contributed by atoms with Gasteiger partial charge in [0.2, 0.25) is 0 Å². The molecule has 0 bridgehead atoms. The molecule has 28 heavy (non-hydrogen) atoms. The summed E-state index contributed by atoms with van der Waals surface area (Å²) in [5, 5.41) is 16.3. The lowest BCUT2D eigenvalue weighted by molar-refractivity contribution is 0.0956. The molecule has 3 aromatic rings. The lowest BCUT2D eigenvalue weighted by atomic mass is 10.1. The molecule has 0 aliphatic rings. The lowest BCUT2D eigenvalue weighted by Crippen LogP contribution is -2.21. The quantitative estimate of drug-likeness (QED) is 0.248. The Hall–Kier alpha value is -2.66. The topological polar surface area (TPSA) is 104 Å². The number of nitrogens with one attached hydrogen (secondary N) is 2. The van der Waals surface area contributed by atoms with E-state index >= 15 is 0 Å². The average molecular weight is 554 g/mol. The summed E-state index contributed by atoms with van der Waals surface area (Å²) in [5.41, 5.74) is 3.39. The molecule has 2 amide bonds. The predicted octanol–water partition coefficient (Wildman–Crippen LogP) is 4.37. The number of hydrogen-bond acceptors (Lipinski definition) is 5. The van der Waals surface area contributed by atoms with Crippen LogP contribution in [0, 0.1) is 3.57 Å². The van der Waals surface area contributed by atoms with E-state index in [4.69, 9.17) is 4.42 Å². The van der Waals surface area contributed by atoms with Crippen LogP contribution in [-0.2, 0) is 0 Å². The van der Waals surface area contributed by atoms with E-state index in [-0.39, 0.29) is 17.1 Å². The molecule has 2 aromatic carbocycles. The van der Waals surface area contributed by atoms with Crippen LogP contribution in [0.1, 0.15) is 26.5 Å². The third-order valence-electron chi connectivity index (χ3n) is 3.58. The summed E-state index contributed by atoms with van der Waals surface area (Å²) in [6.07, 6.45) is 1.34. The van der Waals surface area contributed by atoms with Crippen molar-refractivity contribution in [2.75, 3.05) is 5.32 Å². The number of carbonyl (C=O) groups is 2. The number of phenols is 1. The summed E-state index contributed by atoms with van der Waals surface area (Å²) in [5.74, 6) is -0.846. The molecule has 142 valence electrons. The number of benzene rings is 2. The maximum absolute atomic E-state index is 12.5. The van der Waals surface area contributed by atoms with Crippen molar-refractivity contribution < 1.29 is 19.1 Å². The highest BCUT2D eigenvalue weighted by Crippen LogP contribution is 2.20. The molecule has 0 unspecified atom stereocenters. The van der Waals surface area contributed by atoms with Gasteiger partial charge >= 0.3 is 0 Å². The first-order chi connectivity index (χ1) is 13.4. The fraction of sp³-hybridized carbons (Fsp3) is 0. The van der Waals surface area contributed by atoms with E-state index in [0.717, 1.165) is 3.57 Å². The molecule has 9 heteroatoms. The first-order valence-corrected chi connectivity index (χ1v) is 9.79. The van der Waals surface area contributed by atoms with Crippen LogP contribution < -0.4 is 10.7 Å². The molecule has 1 aromatic heterocycles.